The van der Waals surface area contributed by atoms with Gasteiger partial charge in [0, 0.05) is 65.4 Å². The summed E-state index contributed by atoms with van der Waals surface area (Å²) < 4.78 is 28.9. The van der Waals surface area contributed by atoms with E-state index in [9.17, 15) is 28.1 Å². The van der Waals surface area contributed by atoms with Gasteiger partial charge >= 0.3 is 5.69 Å². The van der Waals surface area contributed by atoms with Crippen LogP contribution in [0.25, 0.3) is 5.65 Å². The molecule has 0 amide bonds. The highest BCUT2D eigenvalue weighted by atomic mass is 32.2. The number of thiazole rings is 1. The van der Waals surface area contributed by atoms with Crippen molar-refractivity contribution in [3.05, 3.63) is 135 Å². The van der Waals surface area contributed by atoms with Crippen molar-refractivity contribution in [3.8, 4) is 0 Å². The number of thioether (sulfide) groups is 1. The summed E-state index contributed by atoms with van der Waals surface area (Å²) in [7, 11) is -0.453. The molecule has 17 heteroatoms. The highest BCUT2D eigenvalue weighted by molar-refractivity contribution is 7.99. The van der Waals surface area contributed by atoms with Gasteiger partial charge < -0.3 is 19.5 Å². The Hall–Kier alpha value is -5.49. The molecule has 0 saturated heterocycles. The Balaban J connectivity index is 1.02. The number of hydrogen-bond acceptors (Lipinski definition) is 14. The number of anilines is 2. The van der Waals surface area contributed by atoms with Gasteiger partial charge in [-0.15, -0.1) is 23.1 Å². The van der Waals surface area contributed by atoms with Crippen molar-refractivity contribution in [1.29, 1.82) is 0 Å². The number of hydrogen-bond donors (Lipinski definition) is 1. The molecule has 1 aliphatic rings. The average Bonchev–Trinajstić information content (AvgIpc) is 3.86. The molecule has 1 atom stereocenters. The number of Topliss-reactive ketones (excluding diaryl/α,β-unsaturated/α-hetero) is 2. The minimum absolute atomic E-state index is 0.0269. The minimum atomic E-state index is -4.33. The molecule has 0 spiro atoms. The Labute approximate surface area is 338 Å². The lowest BCUT2D eigenvalue weighted by Crippen LogP contribution is -2.32. The molecule has 2 aromatic carbocycles. The van der Waals surface area contributed by atoms with Crippen LogP contribution < -0.4 is 10.2 Å². The first-order valence-electron chi connectivity index (χ1n) is 18.2. The van der Waals surface area contributed by atoms with Gasteiger partial charge in [-0.3, -0.25) is 19.7 Å². The summed E-state index contributed by atoms with van der Waals surface area (Å²) in [6.07, 6.45) is 6.24. The predicted octanol–water partition coefficient (Wildman–Crippen LogP) is 6.26. The van der Waals surface area contributed by atoms with E-state index in [4.69, 9.17) is 0 Å². The van der Waals surface area contributed by atoms with Gasteiger partial charge in [0.25, 0.3) is 0 Å². The Bertz CT molecular complexity index is 2510. The van der Waals surface area contributed by atoms with Crippen LogP contribution in [-0.2, 0) is 29.2 Å². The maximum atomic E-state index is 13.6. The number of pyridine rings is 2. The van der Waals surface area contributed by atoms with Gasteiger partial charge in [0.1, 0.15) is 17.1 Å². The van der Waals surface area contributed by atoms with Crippen LogP contribution in [0.5, 0.6) is 0 Å². The standard InChI is InChI=1S/C40H40N8O6S3/c1-45(2)17-15-28(24-55-30-10-4-3-5-11-30)43-39-35(48(51)52)20-31(21-41-39)57(53,54)26-37(50)34-25-56-40(44-34)47-18-14-27-9-8-12-32(33(27)23-47)36(49)19-29-22-46-16-7-6-13-38(46)42-29/h3-13,16,20-22,25,28H,14-15,17-19,23-24,26H2,1-2H3,(H,41,43)/t28-/m1/s1. The summed E-state index contributed by atoms with van der Waals surface area (Å²) in [5.74, 6) is -1.19. The number of nitro groups is 1. The van der Waals surface area contributed by atoms with Crippen LogP contribution in [0.2, 0.25) is 0 Å². The third-order valence-corrected chi connectivity index (χ3v) is 13.2. The lowest BCUT2D eigenvalue weighted by Gasteiger charge is -2.29. The first kappa shape index (κ1) is 39.7. The molecule has 0 aliphatic carbocycles. The molecular weight excluding hydrogens is 785 g/mol. The molecule has 294 valence electrons. The highest BCUT2D eigenvalue weighted by Gasteiger charge is 2.29. The lowest BCUT2D eigenvalue weighted by atomic mass is 9.92. The van der Waals surface area contributed by atoms with Crippen molar-refractivity contribution >= 4 is 66.8 Å². The molecule has 14 nitrogen and oxygen atoms in total. The summed E-state index contributed by atoms with van der Waals surface area (Å²) in [6.45, 7) is 1.69. The van der Waals surface area contributed by atoms with Crippen LogP contribution in [0.3, 0.4) is 0 Å². The molecule has 0 saturated carbocycles. The van der Waals surface area contributed by atoms with E-state index in [2.05, 4.69) is 20.3 Å². The minimum Gasteiger partial charge on any atom is -0.361 e. The third kappa shape index (κ3) is 9.56. The van der Waals surface area contributed by atoms with Crippen LogP contribution in [0, 0.1) is 10.1 Å². The Kier molecular flexibility index (Phi) is 12.1. The number of benzene rings is 2. The number of aromatic nitrogens is 4. The molecule has 57 heavy (non-hydrogen) atoms. The number of carbonyl (C=O) groups is 2. The van der Waals surface area contributed by atoms with Crippen molar-refractivity contribution in [1.82, 2.24) is 24.3 Å². The quantitative estimate of drug-likeness (QED) is 0.0473. The number of nitrogens with zero attached hydrogens (tertiary/aromatic N) is 7. The Morgan fingerprint density at radius 3 is 2.63 bits per heavy atom. The molecule has 4 aromatic heterocycles. The molecule has 0 unspecified atom stereocenters. The maximum absolute atomic E-state index is 13.6. The number of ketones is 2. The smallest absolute Gasteiger partial charge is 0.312 e. The second-order valence-electron chi connectivity index (χ2n) is 14.0. The molecule has 7 rings (SSSR count). The van der Waals surface area contributed by atoms with E-state index in [1.54, 1.807) is 11.8 Å². The maximum Gasteiger partial charge on any atom is 0.312 e. The molecule has 5 heterocycles. The van der Waals surface area contributed by atoms with Gasteiger partial charge in [-0.1, -0.05) is 42.5 Å². The fourth-order valence-electron chi connectivity index (χ4n) is 6.58. The fraction of sp³-hybridized carbons (Fsp3) is 0.275. The van der Waals surface area contributed by atoms with Crippen molar-refractivity contribution in [3.63, 3.8) is 0 Å². The summed E-state index contributed by atoms with van der Waals surface area (Å²) in [6, 6.07) is 21.9. The van der Waals surface area contributed by atoms with Crippen LogP contribution in [0.1, 0.15) is 44.1 Å². The Morgan fingerprint density at radius 2 is 1.86 bits per heavy atom. The first-order chi connectivity index (χ1) is 27.4. The number of sulfone groups is 1. The molecular formula is C40H40N8O6S3. The van der Waals surface area contributed by atoms with Gasteiger partial charge in [0.15, 0.2) is 26.5 Å². The molecule has 6 aromatic rings. The van der Waals surface area contributed by atoms with Crippen molar-refractivity contribution < 1.29 is 22.9 Å². The van der Waals surface area contributed by atoms with E-state index in [-0.39, 0.29) is 29.8 Å². The van der Waals surface area contributed by atoms with Crippen molar-refractivity contribution in [2.75, 3.05) is 48.9 Å². The summed E-state index contributed by atoms with van der Waals surface area (Å²) >= 11 is 2.81. The second-order valence-corrected chi connectivity index (χ2v) is 17.9. The predicted molar refractivity (Wildman–Crippen MR) is 222 cm³/mol. The van der Waals surface area contributed by atoms with Gasteiger partial charge in [0.2, 0.25) is 5.82 Å². The zero-order valence-corrected chi connectivity index (χ0v) is 33.7. The molecule has 0 fully saturated rings. The molecule has 0 radical (unpaired) electrons. The van der Waals surface area contributed by atoms with Crippen LogP contribution in [0.4, 0.5) is 16.6 Å². The monoisotopic (exact) mass is 824 g/mol. The number of carbonyl (C=O) groups excluding carboxylic acids is 2. The van der Waals surface area contributed by atoms with Gasteiger partial charge in [-0.2, -0.15) is 0 Å². The number of imidazole rings is 1. The fourth-order valence-corrected chi connectivity index (χ4v) is 9.59. The molecule has 1 aliphatic heterocycles. The van der Waals surface area contributed by atoms with Crippen LogP contribution in [-0.4, -0.2) is 93.9 Å². The highest BCUT2D eigenvalue weighted by Crippen LogP contribution is 2.32. The largest absolute Gasteiger partial charge is 0.361 e. The van der Waals surface area contributed by atoms with Gasteiger partial charge in [-0.25, -0.2) is 23.4 Å². The topological polar surface area (TPSA) is 173 Å². The lowest BCUT2D eigenvalue weighted by molar-refractivity contribution is -0.384. The number of fused-ring (bicyclic) bond motifs is 2. The van der Waals surface area contributed by atoms with Gasteiger partial charge in [-0.05, 0) is 68.9 Å². The van der Waals surface area contributed by atoms with Crippen molar-refractivity contribution in [2.45, 2.75) is 41.6 Å². The zero-order valence-electron chi connectivity index (χ0n) is 31.3. The summed E-state index contributed by atoms with van der Waals surface area (Å²) in [4.78, 5) is 56.3. The third-order valence-electron chi connectivity index (χ3n) is 9.56. The van der Waals surface area contributed by atoms with Crippen LogP contribution in [0.15, 0.2) is 107 Å². The molecule has 0 bridgehead atoms. The van der Waals surface area contributed by atoms with Crippen LogP contribution >= 0.6 is 23.1 Å². The van der Waals surface area contributed by atoms with E-state index in [0.717, 1.165) is 33.9 Å². The van der Waals surface area contributed by atoms with Crippen molar-refractivity contribution in [2.24, 2.45) is 0 Å². The van der Waals surface area contributed by atoms with E-state index in [0.29, 0.717) is 54.6 Å². The second kappa shape index (κ2) is 17.3. The van der Waals surface area contributed by atoms with E-state index in [1.807, 2.05) is 107 Å². The first-order valence-corrected chi connectivity index (χ1v) is 21.7. The normalized spacial score (nSPS) is 13.4. The summed E-state index contributed by atoms with van der Waals surface area (Å²) in [5, 5.41) is 17.4. The average molecular weight is 825 g/mol. The Morgan fingerprint density at radius 1 is 1.05 bits per heavy atom. The number of rotatable bonds is 17. The zero-order chi connectivity index (χ0) is 40.1. The molecule has 1 N–H and O–H groups in total. The van der Waals surface area contributed by atoms with E-state index in [1.165, 1.54) is 16.7 Å². The van der Waals surface area contributed by atoms with E-state index >= 15 is 0 Å². The SMILES string of the molecule is CN(C)CC[C@H](CSc1ccccc1)Nc1ncc(S(=O)(=O)CC(=O)c2csc(N3CCc4cccc(C(=O)Cc5cn6ccccc6n5)c4C3)n2)cc1[N+](=O)[O-]. The summed E-state index contributed by atoms with van der Waals surface area (Å²) in [5.41, 5.74) is 3.46. The van der Waals surface area contributed by atoms with Gasteiger partial charge in [0.05, 0.1) is 21.9 Å². The number of nitrogens with one attached hydrogen (secondary N) is 1. The van der Waals surface area contributed by atoms with E-state index < -0.39 is 36.9 Å².